The minimum absolute atomic E-state index is 0.258. The molecule has 0 saturated heterocycles. The van der Waals surface area contributed by atoms with Gasteiger partial charge in [-0.3, -0.25) is 9.36 Å². The van der Waals surface area contributed by atoms with Gasteiger partial charge in [-0.25, -0.2) is 9.79 Å². The number of para-hydroxylation sites is 1. The number of methoxy groups -OCH3 is 2. The molecule has 34 heavy (non-hydrogen) atoms. The van der Waals surface area contributed by atoms with Crippen LogP contribution in [0.4, 0.5) is 0 Å². The molecule has 7 nitrogen and oxygen atoms in total. The molecule has 0 spiro atoms. The summed E-state index contributed by atoms with van der Waals surface area (Å²) in [6, 6.07) is 12.2. The number of fused-ring (bicyclic) bond motifs is 2. The standard InChI is InChI=1S/C25H20ClN3O4S/c1-13-21(24(31)33-3)22(17-11-15(26)8-9-19(17)32-2)29-23(30)20(34-25(29)28-13)10-14-12-27-18-7-5-4-6-16(14)18/h4-12,22,27H,1-3H3/b20-10-/t22-/m1/s1. The van der Waals surface area contributed by atoms with Gasteiger partial charge in [0.2, 0.25) is 0 Å². The lowest BCUT2D eigenvalue weighted by Crippen LogP contribution is -2.40. The molecule has 1 aliphatic rings. The highest BCUT2D eigenvalue weighted by Gasteiger charge is 2.35. The van der Waals surface area contributed by atoms with Gasteiger partial charge in [-0.15, -0.1) is 0 Å². The van der Waals surface area contributed by atoms with Gasteiger partial charge in [-0.2, -0.15) is 0 Å². The molecular formula is C25H20ClN3O4S. The van der Waals surface area contributed by atoms with Gasteiger partial charge < -0.3 is 14.5 Å². The van der Waals surface area contributed by atoms with E-state index in [-0.39, 0.29) is 11.1 Å². The Bertz CT molecular complexity index is 1660. The van der Waals surface area contributed by atoms with Crippen LogP contribution in [0, 0.1) is 0 Å². The minimum Gasteiger partial charge on any atom is -0.496 e. The molecule has 1 N–H and O–H groups in total. The number of rotatable bonds is 4. The largest absolute Gasteiger partial charge is 0.496 e. The molecule has 2 aromatic carbocycles. The van der Waals surface area contributed by atoms with Gasteiger partial charge in [0.15, 0.2) is 4.80 Å². The number of halogens is 1. The maximum Gasteiger partial charge on any atom is 0.338 e. The summed E-state index contributed by atoms with van der Waals surface area (Å²) in [5, 5.41) is 1.46. The van der Waals surface area contributed by atoms with Crippen molar-refractivity contribution < 1.29 is 14.3 Å². The number of hydrogen-bond donors (Lipinski definition) is 1. The molecule has 0 fully saturated rings. The van der Waals surface area contributed by atoms with E-state index in [9.17, 15) is 9.59 Å². The third kappa shape index (κ3) is 3.55. The van der Waals surface area contributed by atoms with Crippen molar-refractivity contribution >= 4 is 45.9 Å². The summed E-state index contributed by atoms with van der Waals surface area (Å²) in [5.41, 5.74) is 2.90. The first-order valence-corrected chi connectivity index (χ1v) is 11.6. The number of benzene rings is 2. The molecular weight excluding hydrogens is 474 g/mol. The van der Waals surface area contributed by atoms with Crippen LogP contribution < -0.4 is 19.6 Å². The first kappa shape index (κ1) is 22.2. The number of carbonyl (C=O) groups is 1. The lowest BCUT2D eigenvalue weighted by molar-refractivity contribution is -0.136. The Hall–Kier alpha value is -3.62. The number of nitrogens with zero attached hydrogens (tertiary/aromatic N) is 2. The summed E-state index contributed by atoms with van der Waals surface area (Å²) in [4.78, 5) is 34.9. The highest BCUT2D eigenvalue weighted by molar-refractivity contribution is 7.07. The van der Waals surface area contributed by atoms with Gasteiger partial charge in [0, 0.05) is 33.2 Å². The second kappa shape index (κ2) is 8.62. The van der Waals surface area contributed by atoms with Gasteiger partial charge in [-0.05, 0) is 37.3 Å². The van der Waals surface area contributed by atoms with Crippen LogP contribution in [0.25, 0.3) is 17.0 Å². The van der Waals surface area contributed by atoms with Crippen molar-refractivity contribution in [2.24, 2.45) is 4.99 Å². The van der Waals surface area contributed by atoms with Crippen molar-refractivity contribution in [3.8, 4) is 5.75 Å². The zero-order valence-electron chi connectivity index (χ0n) is 18.6. The first-order chi connectivity index (χ1) is 16.4. The van der Waals surface area contributed by atoms with Crippen LogP contribution >= 0.6 is 22.9 Å². The molecule has 1 aliphatic heterocycles. The van der Waals surface area contributed by atoms with Gasteiger partial charge >= 0.3 is 5.97 Å². The van der Waals surface area contributed by atoms with Crippen LogP contribution in [0.3, 0.4) is 0 Å². The van der Waals surface area contributed by atoms with Crippen LogP contribution in [-0.4, -0.2) is 29.7 Å². The van der Waals surface area contributed by atoms with Gasteiger partial charge in [0.1, 0.15) is 11.8 Å². The molecule has 2 aromatic heterocycles. The lowest BCUT2D eigenvalue weighted by Gasteiger charge is -2.25. The van der Waals surface area contributed by atoms with Crippen molar-refractivity contribution in [1.82, 2.24) is 9.55 Å². The van der Waals surface area contributed by atoms with Gasteiger partial charge in [0.25, 0.3) is 5.56 Å². The number of esters is 1. The van der Waals surface area contributed by atoms with Gasteiger partial charge in [0.05, 0.1) is 30.0 Å². The second-order valence-electron chi connectivity index (χ2n) is 7.75. The summed E-state index contributed by atoms with van der Waals surface area (Å²) >= 11 is 7.57. The van der Waals surface area contributed by atoms with E-state index in [2.05, 4.69) is 9.98 Å². The minimum atomic E-state index is -0.803. The number of ether oxygens (including phenoxy) is 2. The maximum atomic E-state index is 13.7. The van der Waals surface area contributed by atoms with E-state index in [1.165, 1.54) is 30.1 Å². The molecule has 0 radical (unpaired) electrons. The first-order valence-electron chi connectivity index (χ1n) is 10.4. The highest BCUT2D eigenvalue weighted by atomic mass is 35.5. The molecule has 0 bridgehead atoms. The Labute approximate surface area is 203 Å². The van der Waals surface area contributed by atoms with Crippen molar-refractivity contribution in [1.29, 1.82) is 0 Å². The Balaban J connectivity index is 1.80. The predicted molar refractivity (Wildman–Crippen MR) is 132 cm³/mol. The van der Waals surface area contributed by atoms with Crippen LogP contribution in [0.5, 0.6) is 5.75 Å². The van der Waals surface area contributed by atoms with Crippen molar-refractivity contribution in [3.63, 3.8) is 0 Å². The number of aromatic nitrogens is 2. The Morgan fingerprint density at radius 1 is 1.24 bits per heavy atom. The number of nitrogens with one attached hydrogen (secondary N) is 1. The molecule has 0 saturated carbocycles. The van der Waals surface area contributed by atoms with Crippen molar-refractivity contribution in [3.05, 3.63) is 95.8 Å². The normalized spacial score (nSPS) is 15.9. The SMILES string of the molecule is COC(=O)C1=C(C)N=c2s/c(=C\c3c[nH]c4ccccc34)c(=O)n2[C@@H]1c1cc(Cl)ccc1OC. The third-order valence-electron chi connectivity index (χ3n) is 5.82. The maximum absolute atomic E-state index is 13.7. The average molecular weight is 494 g/mol. The van der Waals surface area contributed by atoms with Crippen LogP contribution in [-0.2, 0) is 9.53 Å². The Morgan fingerprint density at radius 3 is 2.79 bits per heavy atom. The molecule has 0 unspecified atom stereocenters. The molecule has 9 heteroatoms. The third-order valence-corrected chi connectivity index (χ3v) is 7.04. The number of hydrogen-bond acceptors (Lipinski definition) is 6. The van der Waals surface area contributed by atoms with E-state index in [0.717, 1.165) is 16.5 Å². The fourth-order valence-electron chi connectivity index (χ4n) is 4.26. The molecule has 172 valence electrons. The summed E-state index contributed by atoms with van der Waals surface area (Å²) in [6.07, 6.45) is 3.71. The van der Waals surface area contributed by atoms with Crippen LogP contribution in [0.15, 0.2) is 69.7 Å². The van der Waals surface area contributed by atoms with Crippen molar-refractivity contribution in [2.45, 2.75) is 13.0 Å². The number of aromatic amines is 1. The lowest BCUT2D eigenvalue weighted by atomic mass is 9.95. The molecule has 3 heterocycles. The van der Waals surface area contributed by atoms with Crippen LogP contribution in [0.1, 0.15) is 24.1 Å². The number of thiazole rings is 1. The quantitative estimate of drug-likeness (QED) is 0.440. The number of carbonyl (C=O) groups excluding carboxylic acids is 1. The van der Waals surface area contributed by atoms with E-state index < -0.39 is 12.0 Å². The van der Waals surface area contributed by atoms with E-state index in [1.807, 2.05) is 36.5 Å². The Kier molecular flexibility index (Phi) is 5.63. The summed E-state index contributed by atoms with van der Waals surface area (Å²) in [6.45, 7) is 1.73. The molecule has 5 rings (SSSR count). The topological polar surface area (TPSA) is 85.7 Å². The monoisotopic (exact) mass is 493 g/mol. The zero-order chi connectivity index (χ0) is 24.0. The Morgan fingerprint density at radius 2 is 2.03 bits per heavy atom. The van der Waals surface area contributed by atoms with Gasteiger partial charge in [-0.1, -0.05) is 41.1 Å². The van der Waals surface area contributed by atoms with Crippen molar-refractivity contribution in [2.75, 3.05) is 14.2 Å². The summed E-state index contributed by atoms with van der Waals surface area (Å²) in [7, 11) is 2.83. The van der Waals surface area contributed by atoms with E-state index >= 15 is 0 Å². The predicted octanol–water partition coefficient (Wildman–Crippen LogP) is 3.55. The highest BCUT2D eigenvalue weighted by Crippen LogP contribution is 2.37. The summed E-state index contributed by atoms with van der Waals surface area (Å²) in [5.74, 6) is -0.0732. The van der Waals surface area contributed by atoms with Crippen LogP contribution in [0.2, 0.25) is 5.02 Å². The molecule has 4 aromatic rings. The summed E-state index contributed by atoms with van der Waals surface area (Å²) < 4.78 is 12.6. The molecule has 0 aliphatic carbocycles. The fraction of sp³-hybridized carbons (Fsp3) is 0.160. The van der Waals surface area contributed by atoms with E-state index in [0.29, 0.717) is 31.4 Å². The number of allylic oxidation sites excluding steroid dienone is 1. The smallest absolute Gasteiger partial charge is 0.338 e. The van der Waals surface area contributed by atoms with E-state index in [1.54, 1.807) is 25.1 Å². The fourth-order valence-corrected chi connectivity index (χ4v) is 5.48. The van der Waals surface area contributed by atoms with E-state index in [4.69, 9.17) is 21.1 Å². The average Bonchev–Trinajstić information content (AvgIpc) is 3.38. The second-order valence-corrected chi connectivity index (χ2v) is 9.19. The molecule has 1 atom stereocenters. The molecule has 0 amide bonds. The zero-order valence-corrected chi connectivity index (χ0v) is 20.2. The number of H-pyrrole nitrogens is 1.